The van der Waals surface area contributed by atoms with Crippen LogP contribution < -0.4 is 16.0 Å². The van der Waals surface area contributed by atoms with E-state index in [0.29, 0.717) is 18.8 Å². The molecular formula is C18H33N3O5. The maximum absolute atomic E-state index is 11.4. The molecule has 8 nitrogen and oxygen atoms in total. The number of hydrogen-bond acceptors (Lipinski definition) is 8. The van der Waals surface area contributed by atoms with Crippen LogP contribution >= 0.6 is 0 Å². The molecule has 0 aromatic carbocycles. The monoisotopic (exact) mass is 371 g/mol. The van der Waals surface area contributed by atoms with Gasteiger partial charge in [-0.3, -0.25) is 0 Å². The fourth-order valence-electron chi connectivity index (χ4n) is 4.64. The van der Waals surface area contributed by atoms with E-state index in [1.807, 2.05) is 14.0 Å². The van der Waals surface area contributed by atoms with Gasteiger partial charge in [-0.15, -0.1) is 0 Å². The molecule has 2 heterocycles. The summed E-state index contributed by atoms with van der Waals surface area (Å²) < 4.78 is 18.4. The molecule has 26 heavy (non-hydrogen) atoms. The molecule has 4 aliphatic rings. The van der Waals surface area contributed by atoms with Gasteiger partial charge in [0.15, 0.2) is 0 Å². The first kappa shape index (κ1) is 19.0. The molecular weight excluding hydrogens is 338 g/mol. The van der Waals surface area contributed by atoms with Crippen molar-refractivity contribution in [2.24, 2.45) is 5.92 Å². The molecule has 2 saturated heterocycles. The van der Waals surface area contributed by atoms with E-state index in [9.17, 15) is 10.2 Å². The Kier molecular flexibility index (Phi) is 5.31. The van der Waals surface area contributed by atoms with Gasteiger partial charge >= 0.3 is 0 Å². The smallest absolute Gasteiger partial charge is 0.234 e. The number of ether oxygens (including phenoxy) is 3. The van der Waals surface area contributed by atoms with Gasteiger partial charge in [-0.1, -0.05) is 0 Å². The van der Waals surface area contributed by atoms with Crippen LogP contribution in [0.1, 0.15) is 32.6 Å². The molecule has 150 valence electrons. The molecule has 2 aliphatic heterocycles. The molecule has 4 fully saturated rings. The third kappa shape index (κ3) is 3.31. The lowest BCUT2D eigenvalue weighted by atomic mass is 9.81. The van der Waals surface area contributed by atoms with Crippen LogP contribution in [0.5, 0.6) is 0 Å². The van der Waals surface area contributed by atoms with Crippen molar-refractivity contribution in [3.63, 3.8) is 0 Å². The van der Waals surface area contributed by atoms with E-state index in [-0.39, 0.29) is 30.3 Å². The molecule has 9 atom stereocenters. The van der Waals surface area contributed by atoms with Crippen molar-refractivity contribution in [3.05, 3.63) is 0 Å². The maximum atomic E-state index is 11.4. The molecule has 2 saturated carbocycles. The molecule has 4 unspecified atom stereocenters. The second-order valence-electron chi connectivity index (χ2n) is 8.36. The molecule has 4 rings (SSSR count). The lowest BCUT2D eigenvalue weighted by Crippen LogP contribution is -2.76. The number of nitrogens with one attached hydrogen (secondary N) is 3. The average Bonchev–Trinajstić information content (AvgIpc) is 3.43. The molecule has 0 spiro atoms. The van der Waals surface area contributed by atoms with Gasteiger partial charge < -0.3 is 40.4 Å². The van der Waals surface area contributed by atoms with Gasteiger partial charge in [0, 0.05) is 6.04 Å². The van der Waals surface area contributed by atoms with Gasteiger partial charge in [0.2, 0.25) is 12.1 Å². The zero-order valence-corrected chi connectivity index (χ0v) is 15.9. The Hall–Kier alpha value is -0.320. The summed E-state index contributed by atoms with van der Waals surface area (Å²) in [4.78, 5) is 0. The Labute approximate surface area is 154 Å². The van der Waals surface area contributed by atoms with E-state index in [1.54, 1.807) is 7.05 Å². The quantitative estimate of drug-likeness (QED) is 0.415. The van der Waals surface area contributed by atoms with Crippen LogP contribution in [0.25, 0.3) is 0 Å². The van der Waals surface area contributed by atoms with Gasteiger partial charge in [-0.25, -0.2) is 0 Å². The molecule has 0 bridgehead atoms. The lowest BCUT2D eigenvalue weighted by molar-refractivity contribution is -0.442. The molecule has 2 aliphatic carbocycles. The van der Waals surface area contributed by atoms with Crippen molar-refractivity contribution in [1.82, 2.24) is 16.0 Å². The number of aliphatic hydroxyl groups excluding tert-OH is 1. The van der Waals surface area contributed by atoms with Crippen molar-refractivity contribution in [3.8, 4) is 0 Å². The molecule has 0 amide bonds. The Balaban J connectivity index is 1.55. The van der Waals surface area contributed by atoms with Gasteiger partial charge in [0.1, 0.15) is 6.10 Å². The van der Waals surface area contributed by atoms with E-state index in [0.717, 1.165) is 6.54 Å². The highest BCUT2D eigenvalue weighted by Crippen LogP contribution is 2.42. The van der Waals surface area contributed by atoms with Gasteiger partial charge in [-0.05, 0) is 59.2 Å². The summed E-state index contributed by atoms with van der Waals surface area (Å²) >= 11 is 0. The number of likely N-dealkylation sites (N-methyl/N-ethyl adjacent to an activating group) is 2. The summed E-state index contributed by atoms with van der Waals surface area (Å²) in [6.45, 7) is 2.88. The van der Waals surface area contributed by atoms with E-state index in [4.69, 9.17) is 14.2 Å². The van der Waals surface area contributed by atoms with Crippen molar-refractivity contribution in [2.75, 3.05) is 20.6 Å². The maximum Gasteiger partial charge on any atom is 0.234 e. The average molecular weight is 371 g/mol. The summed E-state index contributed by atoms with van der Waals surface area (Å²) in [7, 11) is 3.63. The topological polar surface area (TPSA) is 104 Å². The van der Waals surface area contributed by atoms with Crippen LogP contribution in [0.4, 0.5) is 0 Å². The highest BCUT2D eigenvalue weighted by Gasteiger charge is 2.61. The minimum absolute atomic E-state index is 0.0218. The number of aliphatic hydroxyl groups is 2. The first-order valence-electron chi connectivity index (χ1n) is 9.93. The fourth-order valence-corrected chi connectivity index (χ4v) is 4.64. The normalized spacial score (nSPS) is 51.6. The molecule has 0 aromatic heterocycles. The number of fused-ring (bicyclic) bond motifs is 2. The standard InChI is InChI=1S/C18H33N3O5/c1-9-6-13(21-8-10-4-5-10)18(23)17(24-9)25-12-7-11(19-2)15(22)14(20-3)16(12)26-18/h9-17,19-23H,4-8H2,1-3H3/t9-,11?,12?,13-,14+,15+,16?,17?,18+/m1/s1. The highest BCUT2D eigenvalue weighted by molar-refractivity contribution is 5.06. The van der Waals surface area contributed by atoms with Crippen LogP contribution in [0.3, 0.4) is 0 Å². The third-order valence-corrected chi connectivity index (χ3v) is 6.42. The zero-order chi connectivity index (χ0) is 18.5. The Bertz CT molecular complexity index is 507. The van der Waals surface area contributed by atoms with Crippen LogP contribution in [-0.4, -0.2) is 85.5 Å². The second-order valence-corrected chi connectivity index (χ2v) is 8.36. The summed E-state index contributed by atoms with van der Waals surface area (Å²) in [5.74, 6) is -0.852. The predicted octanol–water partition coefficient (Wildman–Crippen LogP) is -1.10. The SMILES string of the molecule is CNC1CC2OC3O[C@H](C)C[C@@H](NCC4CC4)[C@]3(O)OC2[C@@H](NC)[C@H]1O. The predicted molar refractivity (Wildman–Crippen MR) is 94.5 cm³/mol. The molecule has 0 aromatic rings. The molecule has 8 heteroatoms. The summed E-state index contributed by atoms with van der Waals surface area (Å²) in [6, 6.07) is -0.692. The van der Waals surface area contributed by atoms with Crippen molar-refractivity contribution < 1.29 is 24.4 Å². The first-order valence-corrected chi connectivity index (χ1v) is 9.93. The van der Waals surface area contributed by atoms with Crippen LogP contribution in [-0.2, 0) is 14.2 Å². The number of rotatable bonds is 5. The van der Waals surface area contributed by atoms with E-state index in [2.05, 4.69) is 16.0 Å². The minimum Gasteiger partial charge on any atom is -0.390 e. The van der Waals surface area contributed by atoms with Crippen LogP contribution in [0, 0.1) is 5.92 Å². The van der Waals surface area contributed by atoms with E-state index < -0.39 is 24.3 Å². The van der Waals surface area contributed by atoms with Crippen molar-refractivity contribution >= 4 is 0 Å². The Morgan fingerprint density at radius 3 is 2.54 bits per heavy atom. The molecule has 5 N–H and O–H groups in total. The fraction of sp³-hybridized carbons (Fsp3) is 1.00. The van der Waals surface area contributed by atoms with E-state index in [1.165, 1.54) is 12.8 Å². The third-order valence-electron chi connectivity index (χ3n) is 6.42. The summed E-state index contributed by atoms with van der Waals surface area (Å²) in [5.41, 5.74) is 0. The van der Waals surface area contributed by atoms with E-state index >= 15 is 0 Å². The summed E-state index contributed by atoms with van der Waals surface area (Å²) in [6.07, 6.45) is 1.58. The van der Waals surface area contributed by atoms with Crippen molar-refractivity contribution in [2.45, 2.75) is 87.2 Å². The first-order chi connectivity index (χ1) is 12.5. The molecule has 0 radical (unpaired) electrons. The Morgan fingerprint density at radius 2 is 1.88 bits per heavy atom. The van der Waals surface area contributed by atoms with Crippen molar-refractivity contribution in [1.29, 1.82) is 0 Å². The van der Waals surface area contributed by atoms with Crippen LogP contribution in [0.2, 0.25) is 0 Å². The minimum atomic E-state index is -1.55. The summed E-state index contributed by atoms with van der Waals surface area (Å²) in [5, 5.41) is 31.8. The largest absolute Gasteiger partial charge is 0.390 e. The van der Waals surface area contributed by atoms with Gasteiger partial charge in [-0.2, -0.15) is 0 Å². The Morgan fingerprint density at radius 1 is 1.12 bits per heavy atom. The van der Waals surface area contributed by atoms with Crippen LogP contribution in [0.15, 0.2) is 0 Å². The number of hydrogen-bond donors (Lipinski definition) is 5. The highest BCUT2D eigenvalue weighted by atomic mass is 16.8. The van der Waals surface area contributed by atoms with Gasteiger partial charge in [0.25, 0.3) is 0 Å². The zero-order valence-electron chi connectivity index (χ0n) is 15.9. The lowest BCUT2D eigenvalue weighted by Gasteiger charge is -2.57. The second kappa shape index (κ2) is 7.25. The van der Waals surface area contributed by atoms with Gasteiger partial charge in [0.05, 0.1) is 30.4 Å².